The van der Waals surface area contributed by atoms with Gasteiger partial charge in [0, 0.05) is 17.8 Å². The molecule has 0 spiro atoms. The van der Waals surface area contributed by atoms with Crippen LogP contribution in [0.1, 0.15) is 12.8 Å². The van der Waals surface area contributed by atoms with Crippen molar-refractivity contribution in [1.29, 1.82) is 0 Å². The van der Waals surface area contributed by atoms with Gasteiger partial charge in [-0.1, -0.05) is 164 Å². The summed E-state index contributed by atoms with van der Waals surface area (Å²) in [6.45, 7) is 0. The van der Waals surface area contributed by atoms with Gasteiger partial charge >= 0.3 is 0 Å². The number of hydrogen-bond acceptors (Lipinski definition) is 4. The first-order chi connectivity index (χ1) is 36.7. The van der Waals surface area contributed by atoms with Gasteiger partial charge in [0.05, 0.1) is 22.8 Å². The Hall–Kier alpha value is -9.64. The molecule has 2 aliphatic heterocycles. The molecule has 0 fully saturated rings. The van der Waals surface area contributed by atoms with Gasteiger partial charge in [0.15, 0.2) is 17.2 Å². The molecule has 12 aromatic rings. The van der Waals surface area contributed by atoms with Crippen LogP contribution in [-0.2, 0) is 0 Å². The van der Waals surface area contributed by atoms with Crippen molar-refractivity contribution in [2.45, 2.75) is 12.8 Å². The second-order valence-electron chi connectivity index (χ2n) is 20.1. The van der Waals surface area contributed by atoms with E-state index in [1.165, 1.54) is 110 Å². The average molecular weight is 943 g/mol. The van der Waals surface area contributed by atoms with Crippen LogP contribution in [0, 0.1) is 0 Å². The molecule has 12 aromatic carbocycles. The summed E-state index contributed by atoms with van der Waals surface area (Å²) in [6, 6.07) is 80.8. The van der Waals surface area contributed by atoms with Crippen LogP contribution < -0.4 is 19.3 Å². The summed E-state index contributed by atoms with van der Waals surface area (Å²) < 4.78 is 13.3. The molecule has 2 heterocycles. The lowest BCUT2D eigenvalue weighted by atomic mass is 9.82. The number of hydrogen-bond donors (Lipinski definition) is 0. The molecule has 344 valence electrons. The van der Waals surface area contributed by atoms with Crippen LogP contribution in [0.5, 0.6) is 17.2 Å². The molecule has 4 heteroatoms. The molecule has 0 saturated carbocycles. The first kappa shape index (κ1) is 40.0. The summed E-state index contributed by atoms with van der Waals surface area (Å²) in [5.74, 6) is 3.54. The third kappa shape index (κ3) is 5.41. The predicted octanol–water partition coefficient (Wildman–Crippen LogP) is 19.6. The molecule has 4 nitrogen and oxygen atoms in total. The van der Waals surface area contributed by atoms with E-state index in [0.717, 1.165) is 70.0 Å². The summed E-state index contributed by atoms with van der Waals surface area (Å²) in [5, 5.41) is 9.85. The first-order valence-corrected chi connectivity index (χ1v) is 25.7. The highest BCUT2D eigenvalue weighted by Gasteiger charge is 2.32. The van der Waals surface area contributed by atoms with Gasteiger partial charge in [-0.25, -0.2) is 0 Å². The van der Waals surface area contributed by atoms with Crippen molar-refractivity contribution in [1.82, 2.24) is 0 Å². The highest BCUT2D eigenvalue weighted by Crippen LogP contribution is 2.57. The molecule has 0 atom stereocenters. The maximum absolute atomic E-state index is 6.67. The minimum absolute atomic E-state index is 0.829. The zero-order valence-corrected chi connectivity index (χ0v) is 40.1. The highest BCUT2D eigenvalue weighted by atomic mass is 16.5. The van der Waals surface area contributed by atoms with Crippen molar-refractivity contribution in [2.75, 3.05) is 9.80 Å². The quantitative estimate of drug-likeness (QED) is 0.164. The van der Waals surface area contributed by atoms with Gasteiger partial charge in [0.25, 0.3) is 0 Å². The van der Waals surface area contributed by atoms with E-state index in [-0.39, 0.29) is 0 Å². The lowest BCUT2D eigenvalue weighted by Crippen LogP contribution is -2.24. The highest BCUT2D eigenvalue weighted by molar-refractivity contribution is 6.30. The summed E-state index contributed by atoms with van der Waals surface area (Å²) in [7, 11) is 0. The van der Waals surface area contributed by atoms with Gasteiger partial charge in [-0.2, -0.15) is 0 Å². The molecule has 17 rings (SSSR count). The average Bonchev–Trinajstić information content (AvgIpc) is 4.03. The van der Waals surface area contributed by atoms with Gasteiger partial charge in [-0.05, 0) is 183 Å². The second-order valence-corrected chi connectivity index (χ2v) is 20.1. The lowest BCUT2D eigenvalue weighted by molar-refractivity contribution is 0.388. The molecular formula is C70H42N2O2. The summed E-state index contributed by atoms with van der Waals surface area (Å²) >= 11 is 0. The summed E-state index contributed by atoms with van der Waals surface area (Å²) in [6.07, 6.45) is 6.33. The Morgan fingerprint density at radius 2 is 0.730 bits per heavy atom. The van der Waals surface area contributed by atoms with Crippen molar-refractivity contribution in [3.05, 3.63) is 242 Å². The Balaban J connectivity index is 1.03. The summed E-state index contributed by atoms with van der Waals surface area (Å²) in [5.41, 5.74) is 21.4. The number of ether oxygens (including phenoxy) is 2. The minimum atomic E-state index is 0.829. The zero-order valence-electron chi connectivity index (χ0n) is 40.1. The lowest BCUT2D eigenvalue weighted by Gasteiger charge is -2.35. The van der Waals surface area contributed by atoms with E-state index < -0.39 is 0 Å². The Bertz CT molecular complexity index is 4470. The van der Waals surface area contributed by atoms with Crippen LogP contribution >= 0.6 is 0 Å². The molecule has 0 radical (unpaired) electrons. The smallest absolute Gasteiger partial charge is 0.151 e. The number of nitrogens with zero attached hydrogens (tertiary/aromatic N) is 2. The fourth-order valence-electron chi connectivity index (χ4n) is 13.3. The van der Waals surface area contributed by atoms with Crippen LogP contribution in [-0.4, -0.2) is 0 Å². The number of rotatable bonds is 4. The predicted molar refractivity (Wildman–Crippen MR) is 306 cm³/mol. The Labute approximate surface area is 427 Å². The number of fused-ring (bicyclic) bond motifs is 11. The molecule has 0 unspecified atom stereocenters. The van der Waals surface area contributed by atoms with Crippen molar-refractivity contribution in [3.8, 4) is 84.0 Å². The Morgan fingerprint density at radius 3 is 1.26 bits per heavy atom. The number of anilines is 5. The molecule has 5 aliphatic rings. The van der Waals surface area contributed by atoms with Crippen molar-refractivity contribution >= 4 is 71.5 Å². The van der Waals surface area contributed by atoms with Gasteiger partial charge in [-0.15, -0.1) is 0 Å². The van der Waals surface area contributed by atoms with E-state index in [2.05, 4.69) is 240 Å². The third-order valence-electron chi connectivity index (χ3n) is 16.3. The monoisotopic (exact) mass is 942 g/mol. The van der Waals surface area contributed by atoms with E-state index >= 15 is 0 Å². The maximum atomic E-state index is 6.67. The van der Waals surface area contributed by atoms with Crippen molar-refractivity contribution in [3.63, 3.8) is 0 Å². The van der Waals surface area contributed by atoms with E-state index in [1.54, 1.807) is 0 Å². The fraction of sp³-hybridized carbons (Fsp3) is 0.0286. The topological polar surface area (TPSA) is 24.9 Å². The first-order valence-electron chi connectivity index (χ1n) is 25.7. The van der Waals surface area contributed by atoms with E-state index in [1.807, 2.05) is 0 Å². The minimum Gasteiger partial charge on any atom is -0.457 e. The van der Waals surface area contributed by atoms with Crippen LogP contribution in [0.15, 0.2) is 242 Å². The molecule has 0 amide bonds. The standard InChI is InChI=1S/C70H42N2O2/c1-3-17-45-43(15-1)47-19-13-21-49-53(37-35-51(45)67(47)49)69-55-33-31-42(72-61-25-7-11-29-65(61)74-66-30-12-8-26-62(66)72)40-58(55)70(54-38-36-52-46-18-4-2-16-44(46)48-20-14-22-50(54)68(48)52)56-34-32-41(39-57(56)69)71-59-23-5-9-27-63(59)73-64-28-10-6-24-60(64)71/h1-11,13-29,31-40H,12,30H2. The molecule has 3 aliphatic carbocycles. The van der Waals surface area contributed by atoms with Crippen LogP contribution in [0.25, 0.3) is 110 Å². The number of benzene rings is 12. The molecule has 0 saturated heterocycles. The number of para-hydroxylation sites is 6. The third-order valence-corrected chi connectivity index (χ3v) is 16.3. The van der Waals surface area contributed by atoms with Crippen LogP contribution in [0.3, 0.4) is 0 Å². The van der Waals surface area contributed by atoms with Gasteiger partial charge < -0.3 is 19.3 Å². The van der Waals surface area contributed by atoms with Gasteiger partial charge in [0.1, 0.15) is 5.76 Å². The van der Waals surface area contributed by atoms with Gasteiger partial charge in [0.2, 0.25) is 0 Å². The van der Waals surface area contributed by atoms with Gasteiger partial charge in [-0.3, -0.25) is 0 Å². The van der Waals surface area contributed by atoms with Crippen LogP contribution in [0.4, 0.5) is 28.4 Å². The van der Waals surface area contributed by atoms with Crippen molar-refractivity contribution in [2.24, 2.45) is 0 Å². The Morgan fingerprint density at radius 1 is 0.311 bits per heavy atom. The van der Waals surface area contributed by atoms with E-state index in [9.17, 15) is 0 Å². The van der Waals surface area contributed by atoms with Crippen molar-refractivity contribution < 1.29 is 9.47 Å². The SMILES string of the molecule is C1=CC2=C(CC1)Oc1ccccc1N2c1ccc2c(-c3ccc4c5c(cccc35)-c3ccccc3-4)c3cc(N4c5ccccc5Oc5ccccc54)ccc3c(-c3ccc4c5c(cccc35)-c3ccccc3-4)c2c1. The second kappa shape index (κ2) is 15.0. The summed E-state index contributed by atoms with van der Waals surface area (Å²) in [4.78, 5) is 4.80. The van der Waals surface area contributed by atoms with E-state index in [0.29, 0.717) is 0 Å². The van der Waals surface area contributed by atoms with Crippen LogP contribution in [0.2, 0.25) is 0 Å². The molecule has 74 heavy (non-hydrogen) atoms. The molecule has 0 aromatic heterocycles. The molecular weight excluding hydrogens is 901 g/mol. The number of allylic oxidation sites excluding steroid dienone is 3. The largest absolute Gasteiger partial charge is 0.457 e. The normalized spacial score (nSPS) is 14.2. The maximum Gasteiger partial charge on any atom is 0.151 e. The zero-order chi connectivity index (χ0) is 48.2. The fourth-order valence-corrected chi connectivity index (χ4v) is 13.3. The van der Waals surface area contributed by atoms with E-state index in [4.69, 9.17) is 9.47 Å². The Kier molecular flexibility index (Phi) is 8.09. The molecule has 0 bridgehead atoms. The molecule has 0 N–H and O–H groups in total.